The van der Waals surface area contributed by atoms with Gasteiger partial charge in [-0.2, -0.15) is 0 Å². The first-order valence-electron chi connectivity index (χ1n) is 7.45. The first-order chi connectivity index (χ1) is 9.27. The number of morpholine rings is 1. The van der Waals surface area contributed by atoms with Crippen molar-refractivity contribution in [2.24, 2.45) is 0 Å². The lowest BCUT2D eigenvalue weighted by molar-refractivity contribution is -0.186. The van der Waals surface area contributed by atoms with Crippen molar-refractivity contribution >= 4 is 0 Å². The van der Waals surface area contributed by atoms with Crippen molar-refractivity contribution in [1.29, 1.82) is 0 Å². The second-order valence-electron chi connectivity index (χ2n) is 7.09. The summed E-state index contributed by atoms with van der Waals surface area (Å²) in [5, 5.41) is 3.46. The molecule has 0 spiro atoms. The Balaban J connectivity index is 1.83. The van der Waals surface area contributed by atoms with E-state index >= 15 is 0 Å². The number of hydrogen-bond acceptors (Lipinski definition) is 4. The lowest BCUT2D eigenvalue weighted by atomic mass is 9.97. The standard InChI is InChI=1S/C16H28N2O2/c1-13(9-17-10-14-7-6-8-19-14)18-11-15(2,3)20-16(4,5)12-18/h6-8,13,17H,9-12H2,1-5H3. The second-order valence-corrected chi connectivity index (χ2v) is 7.09. The van der Waals surface area contributed by atoms with Crippen molar-refractivity contribution in [3.05, 3.63) is 24.2 Å². The van der Waals surface area contributed by atoms with E-state index in [2.05, 4.69) is 44.8 Å². The Morgan fingerprint density at radius 1 is 1.25 bits per heavy atom. The molecule has 1 aromatic rings. The summed E-state index contributed by atoms with van der Waals surface area (Å²) in [6.45, 7) is 14.6. The van der Waals surface area contributed by atoms with Crippen LogP contribution in [-0.4, -0.2) is 41.8 Å². The van der Waals surface area contributed by atoms with E-state index in [0.29, 0.717) is 6.04 Å². The molecule has 20 heavy (non-hydrogen) atoms. The summed E-state index contributed by atoms with van der Waals surface area (Å²) >= 11 is 0. The fourth-order valence-electron chi connectivity index (χ4n) is 3.10. The van der Waals surface area contributed by atoms with Gasteiger partial charge in [0.05, 0.1) is 24.0 Å². The molecule has 0 aliphatic carbocycles. The van der Waals surface area contributed by atoms with Gasteiger partial charge < -0.3 is 14.5 Å². The van der Waals surface area contributed by atoms with Gasteiger partial charge in [0.25, 0.3) is 0 Å². The molecule has 0 bridgehead atoms. The van der Waals surface area contributed by atoms with Crippen LogP contribution in [0, 0.1) is 0 Å². The first-order valence-corrected chi connectivity index (χ1v) is 7.45. The number of furan rings is 1. The van der Waals surface area contributed by atoms with Crippen LogP contribution in [0.15, 0.2) is 22.8 Å². The monoisotopic (exact) mass is 280 g/mol. The molecule has 0 radical (unpaired) electrons. The van der Waals surface area contributed by atoms with Crippen molar-refractivity contribution in [3.63, 3.8) is 0 Å². The molecule has 0 saturated carbocycles. The van der Waals surface area contributed by atoms with Crippen LogP contribution < -0.4 is 5.32 Å². The van der Waals surface area contributed by atoms with Crippen LogP contribution in [-0.2, 0) is 11.3 Å². The van der Waals surface area contributed by atoms with Crippen LogP contribution in [0.2, 0.25) is 0 Å². The Hall–Kier alpha value is -0.840. The molecule has 1 atom stereocenters. The fraction of sp³-hybridized carbons (Fsp3) is 0.750. The maximum Gasteiger partial charge on any atom is 0.117 e. The van der Waals surface area contributed by atoms with E-state index in [1.165, 1.54) is 0 Å². The van der Waals surface area contributed by atoms with Gasteiger partial charge in [0, 0.05) is 25.7 Å². The normalized spacial score (nSPS) is 23.6. The minimum absolute atomic E-state index is 0.0863. The van der Waals surface area contributed by atoms with Gasteiger partial charge in [0.2, 0.25) is 0 Å². The lowest BCUT2D eigenvalue weighted by Gasteiger charge is -2.49. The first kappa shape index (κ1) is 15.5. The number of rotatable bonds is 5. The molecule has 4 nitrogen and oxygen atoms in total. The van der Waals surface area contributed by atoms with Crippen LogP contribution in [0.5, 0.6) is 0 Å². The van der Waals surface area contributed by atoms with Crippen LogP contribution in [0.4, 0.5) is 0 Å². The van der Waals surface area contributed by atoms with Gasteiger partial charge in [0.15, 0.2) is 0 Å². The molecular weight excluding hydrogens is 252 g/mol. The molecule has 1 aromatic heterocycles. The van der Waals surface area contributed by atoms with Gasteiger partial charge >= 0.3 is 0 Å². The highest BCUT2D eigenvalue weighted by Crippen LogP contribution is 2.29. The van der Waals surface area contributed by atoms with E-state index < -0.39 is 0 Å². The largest absolute Gasteiger partial charge is 0.468 e. The van der Waals surface area contributed by atoms with Crippen molar-refractivity contribution in [3.8, 4) is 0 Å². The number of nitrogens with one attached hydrogen (secondary N) is 1. The van der Waals surface area contributed by atoms with Gasteiger partial charge in [-0.3, -0.25) is 4.90 Å². The zero-order valence-corrected chi connectivity index (χ0v) is 13.4. The van der Waals surface area contributed by atoms with Crippen LogP contribution in [0.25, 0.3) is 0 Å². The molecule has 1 saturated heterocycles. The summed E-state index contributed by atoms with van der Waals surface area (Å²) in [4.78, 5) is 2.51. The predicted octanol–water partition coefficient (Wildman–Crippen LogP) is 2.65. The molecule has 2 heterocycles. The Labute approximate surface area is 122 Å². The second kappa shape index (κ2) is 5.88. The summed E-state index contributed by atoms with van der Waals surface area (Å²) in [5.41, 5.74) is -0.173. The van der Waals surface area contributed by atoms with E-state index in [1.54, 1.807) is 6.26 Å². The Bertz CT molecular complexity index is 396. The highest BCUT2D eigenvalue weighted by molar-refractivity contribution is 4.97. The van der Waals surface area contributed by atoms with Gasteiger partial charge in [-0.05, 0) is 46.8 Å². The smallest absolute Gasteiger partial charge is 0.117 e. The van der Waals surface area contributed by atoms with Crippen LogP contribution >= 0.6 is 0 Å². The van der Waals surface area contributed by atoms with Crippen molar-refractivity contribution in [2.75, 3.05) is 19.6 Å². The third-order valence-electron chi connectivity index (χ3n) is 3.66. The summed E-state index contributed by atoms with van der Waals surface area (Å²) in [6, 6.07) is 4.40. The summed E-state index contributed by atoms with van der Waals surface area (Å²) in [7, 11) is 0. The average molecular weight is 280 g/mol. The van der Waals surface area contributed by atoms with Crippen molar-refractivity contribution < 1.29 is 9.15 Å². The molecule has 1 aliphatic heterocycles. The zero-order chi connectivity index (χ0) is 14.8. The maximum atomic E-state index is 6.13. The molecule has 4 heteroatoms. The zero-order valence-electron chi connectivity index (χ0n) is 13.4. The molecule has 0 aromatic carbocycles. The molecule has 1 N–H and O–H groups in total. The Kier molecular flexibility index (Phi) is 4.57. The summed E-state index contributed by atoms with van der Waals surface area (Å²) < 4.78 is 11.5. The highest BCUT2D eigenvalue weighted by atomic mass is 16.5. The summed E-state index contributed by atoms with van der Waals surface area (Å²) in [5.74, 6) is 0.986. The van der Waals surface area contributed by atoms with Gasteiger partial charge in [-0.15, -0.1) is 0 Å². The highest BCUT2D eigenvalue weighted by Gasteiger charge is 2.39. The molecule has 1 aliphatic rings. The molecule has 1 unspecified atom stereocenters. The van der Waals surface area contributed by atoms with Crippen LogP contribution in [0.1, 0.15) is 40.4 Å². The lowest BCUT2D eigenvalue weighted by Crippen LogP contribution is -2.60. The van der Waals surface area contributed by atoms with E-state index in [1.807, 2.05) is 12.1 Å². The van der Waals surface area contributed by atoms with E-state index in [-0.39, 0.29) is 11.2 Å². The van der Waals surface area contributed by atoms with Gasteiger partial charge in [-0.1, -0.05) is 0 Å². The molecule has 114 valence electrons. The van der Waals surface area contributed by atoms with E-state index in [0.717, 1.165) is 31.9 Å². The summed E-state index contributed by atoms with van der Waals surface area (Å²) in [6.07, 6.45) is 1.72. The third kappa shape index (κ3) is 4.33. The third-order valence-corrected chi connectivity index (χ3v) is 3.66. The number of ether oxygens (including phenoxy) is 1. The molecular formula is C16H28N2O2. The quantitative estimate of drug-likeness (QED) is 0.900. The molecule has 2 rings (SSSR count). The Morgan fingerprint density at radius 3 is 2.45 bits per heavy atom. The number of hydrogen-bond donors (Lipinski definition) is 1. The molecule has 1 fully saturated rings. The maximum absolute atomic E-state index is 6.13. The van der Waals surface area contributed by atoms with Gasteiger partial charge in [0.1, 0.15) is 5.76 Å². The topological polar surface area (TPSA) is 37.6 Å². The SMILES string of the molecule is CC(CNCc1ccco1)N1CC(C)(C)OC(C)(C)C1. The minimum atomic E-state index is -0.0863. The van der Waals surface area contributed by atoms with E-state index in [9.17, 15) is 0 Å². The fourth-order valence-corrected chi connectivity index (χ4v) is 3.10. The predicted molar refractivity (Wildman–Crippen MR) is 80.7 cm³/mol. The van der Waals surface area contributed by atoms with Crippen LogP contribution in [0.3, 0.4) is 0 Å². The number of nitrogens with zero attached hydrogens (tertiary/aromatic N) is 1. The van der Waals surface area contributed by atoms with Crippen molar-refractivity contribution in [1.82, 2.24) is 10.2 Å². The molecule has 0 amide bonds. The minimum Gasteiger partial charge on any atom is -0.468 e. The van der Waals surface area contributed by atoms with Gasteiger partial charge in [-0.25, -0.2) is 0 Å². The Morgan fingerprint density at radius 2 is 1.90 bits per heavy atom. The van der Waals surface area contributed by atoms with E-state index in [4.69, 9.17) is 9.15 Å². The van der Waals surface area contributed by atoms with Crippen molar-refractivity contribution in [2.45, 2.75) is 58.4 Å². The average Bonchev–Trinajstić information content (AvgIpc) is 2.77.